The number of aryl methyl sites for hydroxylation is 3. The molecule has 27 heavy (non-hydrogen) atoms. The summed E-state index contributed by atoms with van der Waals surface area (Å²) >= 11 is 7.44. The number of benzene rings is 2. The van der Waals surface area contributed by atoms with E-state index in [9.17, 15) is 4.79 Å². The maximum Gasteiger partial charge on any atom is 0.265 e. The Morgan fingerprint density at radius 1 is 1.15 bits per heavy atom. The number of carbonyl (C=O) groups excluding carboxylic acids is 1. The summed E-state index contributed by atoms with van der Waals surface area (Å²) in [6.07, 6.45) is 3.54. The Balaban J connectivity index is 1.39. The lowest BCUT2D eigenvalue weighted by Crippen LogP contribution is -2.11. The Bertz CT molecular complexity index is 996. The third-order valence-corrected chi connectivity index (χ3v) is 6.01. The summed E-state index contributed by atoms with van der Waals surface area (Å²) in [5, 5.41) is 5.50. The van der Waals surface area contributed by atoms with Gasteiger partial charge in [-0.25, -0.2) is 0 Å². The van der Waals surface area contributed by atoms with Gasteiger partial charge in [-0.15, -0.1) is 11.3 Å². The van der Waals surface area contributed by atoms with Gasteiger partial charge in [-0.3, -0.25) is 4.79 Å². The van der Waals surface area contributed by atoms with Crippen LogP contribution in [0.4, 0.5) is 5.69 Å². The number of hydrogen-bond acceptors (Lipinski definition) is 3. The second kappa shape index (κ2) is 7.75. The minimum absolute atomic E-state index is 0.130. The van der Waals surface area contributed by atoms with E-state index in [0.717, 1.165) is 29.0 Å². The highest BCUT2D eigenvalue weighted by molar-refractivity contribution is 7.12. The normalized spacial score (nSPS) is 12.7. The Morgan fingerprint density at radius 3 is 2.89 bits per heavy atom. The van der Waals surface area contributed by atoms with Crippen LogP contribution in [0.3, 0.4) is 0 Å². The van der Waals surface area contributed by atoms with E-state index >= 15 is 0 Å². The van der Waals surface area contributed by atoms with Crippen LogP contribution in [0.1, 0.15) is 38.3 Å². The first-order chi connectivity index (χ1) is 13.1. The van der Waals surface area contributed by atoms with Crippen LogP contribution in [-0.2, 0) is 19.4 Å². The molecule has 0 aliphatic heterocycles. The second-order valence-electron chi connectivity index (χ2n) is 6.81. The average Bonchev–Trinajstić information content (AvgIpc) is 3.31. The first-order valence-electron chi connectivity index (χ1n) is 8.98. The number of ether oxygens (including phenoxy) is 1. The third kappa shape index (κ3) is 4.18. The van der Waals surface area contributed by atoms with Crippen molar-refractivity contribution in [3.63, 3.8) is 0 Å². The van der Waals surface area contributed by atoms with Crippen LogP contribution in [0, 0.1) is 6.92 Å². The SMILES string of the molecule is Cc1ccc(Cl)cc1NC(=O)c1cc(COc2ccc3c(c2)CCC3)cs1. The van der Waals surface area contributed by atoms with E-state index in [1.54, 1.807) is 6.07 Å². The van der Waals surface area contributed by atoms with Crippen LogP contribution in [0.25, 0.3) is 0 Å². The summed E-state index contributed by atoms with van der Waals surface area (Å²) in [5.41, 5.74) is 5.54. The summed E-state index contributed by atoms with van der Waals surface area (Å²) in [6, 6.07) is 13.7. The van der Waals surface area contributed by atoms with Crippen molar-refractivity contribution in [3.05, 3.63) is 80.0 Å². The van der Waals surface area contributed by atoms with Crippen molar-refractivity contribution in [3.8, 4) is 5.75 Å². The van der Waals surface area contributed by atoms with Crippen molar-refractivity contribution >= 4 is 34.5 Å². The molecular weight excluding hydrogens is 378 g/mol. The minimum Gasteiger partial charge on any atom is -0.489 e. The molecule has 0 saturated carbocycles. The Kier molecular flexibility index (Phi) is 5.19. The fraction of sp³-hybridized carbons (Fsp3) is 0.227. The van der Waals surface area contributed by atoms with Crippen LogP contribution in [0.15, 0.2) is 47.8 Å². The smallest absolute Gasteiger partial charge is 0.265 e. The number of thiophene rings is 1. The molecule has 0 unspecified atom stereocenters. The molecule has 0 bridgehead atoms. The fourth-order valence-corrected chi connectivity index (χ4v) is 4.25. The first-order valence-corrected chi connectivity index (χ1v) is 10.2. The molecule has 1 amide bonds. The van der Waals surface area contributed by atoms with E-state index in [1.807, 2.05) is 36.6 Å². The molecule has 4 rings (SSSR count). The monoisotopic (exact) mass is 397 g/mol. The largest absolute Gasteiger partial charge is 0.489 e. The number of nitrogens with one attached hydrogen (secondary N) is 1. The van der Waals surface area contributed by atoms with E-state index in [4.69, 9.17) is 16.3 Å². The number of halogens is 1. The maximum atomic E-state index is 12.5. The van der Waals surface area contributed by atoms with Crippen LogP contribution < -0.4 is 10.1 Å². The molecule has 3 aromatic rings. The second-order valence-corrected chi connectivity index (χ2v) is 8.15. The highest BCUT2D eigenvalue weighted by atomic mass is 35.5. The molecule has 1 aliphatic carbocycles. The van der Waals surface area contributed by atoms with Crippen molar-refractivity contribution in [1.82, 2.24) is 0 Å². The zero-order valence-electron chi connectivity index (χ0n) is 15.0. The Morgan fingerprint density at radius 2 is 2.00 bits per heavy atom. The molecule has 0 spiro atoms. The van der Waals surface area contributed by atoms with Gasteiger partial charge in [-0.1, -0.05) is 23.7 Å². The summed E-state index contributed by atoms with van der Waals surface area (Å²) in [4.78, 5) is 13.2. The summed E-state index contributed by atoms with van der Waals surface area (Å²) in [5.74, 6) is 0.761. The molecule has 0 fully saturated rings. The number of fused-ring (bicyclic) bond motifs is 1. The molecule has 0 radical (unpaired) electrons. The molecule has 138 valence electrons. The van der Waals surface area contributed by atoms with E-state index in [0.29, 0.717) is 16.5 Å². The predicted octanol–water partition coefficient (Wildman–Crippen LogP) is 6.03. The Hall–Kier alpha value is -2.30. The van der Waals surface area contributed by atoms with Crippen LogP contribution in [0.5, 0.6) is 5.75 Å². The lowest BCUT2D eigenvalue weighted by molar-refractivity contribution is 0.103. The molecule has 1 aromatic heterocycles. The average molecular weight is 398 g/mol. The van der Waals surface area contributed by atoms with E-state index in [-0.39, 0.29) is 5.91 Å². The van der Waals surface area contributed by atoms with Crippen LogP contribution >= 0.6 is 22.9 Å². The van der Waals surface area contributed by atoms with Gasteiger partial charge in [0.2, 0.25) is 0 Å². The van der Waals surface area contributed by atoms with Gasteiger partial charge in [0.15, 0.2) is 0 Å². The van der Waals surface area contributed by atoms with Gasteiger partial charge >= 0.3 is 0 Å². The number of anilines is 1. The lowest BCUT2D eigenvalue weighted by Gasteiger charge is -2.08. The van der Waals surface area contributed by atoms with Crippen LogP contribution in [0.2, 0.25) is 5.02 Å². The van der Waals surface area contributed by atoms with Gasteiger partial charge in [-0.05, 0) is 78.6 Å². The number of rotatable bonds is 5. The van der Waals surface area contributed by atoms with Gasteiger partial charge in [-0.2, -0.15) is 0 Å². The van der Waals surface area contributed by atoms with E-state index < -0.39 is 0 Å². The molecule has 5 heteroatoms. The molecule has 3 nitrogen and oxygen atoms in total. The summed E-state index contributed by atoms with van der Waals surface area (Å²) in [7, 11) is 0. The standard InChI is InChI=1S/C22H20ClNO2S/c1-14-5-7-18(23)11-20(14)24-22(25)21-9-15(13-27-21)12-26-19-8-6-16-3-2-4-17(16)10-19/h5-11,13H,2-4,12H2,1H3,(H,24,25). The molecule has 2 aromatic carbocycles. The quantitative estimate of drug-likeness (QED) is 0.570. The van der Waals surface area contributed by atoms with Crippen molar-refractivity contribution in [2.75, 3.05) is 5.32 Å². The van der Waals surface area contributed by atoms with Gasteiger partial charge < -0.3 is 10.1 Å². The maximum absolute atomic E-state index is 12.5. The van der Waals surface area contributed by atoms with Gasteiger partial charge in [0.05, 0.1) is 4.88 Å². The molecule has 0 saturated heterocycles. The van der Waals surface area contributed by atoms with E-state index in [2.05, 4.69) is 17.4 Å². The van der Waals surface area contributed by atoms with Gasteiger partial charge in [0.25, 0.3) is 5.91 Å². The Labute approximate surface area is 167 Å². The van der Waals surface area contributed by atoms with Crippen molar-refractivity contribution in [1.29, 1.82) is 0 Å². The zero-order chi connectivity index (χ0) is 18.8. The fourth-order valence-electron chi connectivity index (χ4n) is 3.29. The van der Waals surface area contributed by atoms with Crippen molar-refractivity contribution < 1.29 is 9.53 Å². The number of carbonyl (C=O) groups is 1. The van der Waals surface area contributed by atoms with Gasteiger partial charge in [0.1, 0.15) is 12.4 Å². The van der Waals surface area contributed by atoms with E-state index in [1.165, 1.54) is 35.3 Å². The zero-order valence-corrected chi connectivity index (χ0v) is 16.6. The molecule has 1 aliphatic rings. The predicted molar refractivity (Wildman–Crippen MR) is 111 cm³/mol. The number of amides is 1. The minimum atomic E-state index is -0.130. The third-order valence-electron chi connectivity index (χ3n) is 4.80. The molecule has 1 N–H and O–H groups in total. The van der Waals surface area contributed by atoms with Crippen molar-refractivity contribution in [2.45, 2.75) is 32.8 Å². The highest BCUT2D eigenvalue weighted by Crippen LogP contribution is 2.27. The molecular formula is C22H20ClNO2S. The highest BCUT2D eigenvalue weighted by Gasteiger charge is 2.13. The van der Waals surface area contributed by atoms with Crippen LogP contribution in [-0.4, -0.2) is 5.91 Å². The lowest BCUT2D eigenvalue weighted by atomic mass is 10.1. The molecule has 0 atom stereocenters. The summed E-state index contributed by atoms with van der Waals surface area (Å²) in [6.45, 7) is 2.40. The number of hydrogen-bond donors (Lipinski definition) is 1. The molecule has 1 heterocycles. The topological polar surface area (TPSA) is 38.3 Å². The first kappa shape index (κ1) is 18.1. The summed E-state index contributed by atoms with van der Waals surface area (Å²) < 4.78 is 5.92. The van der Waals surface area contributed by atoms with Crippen molar-refractivity contribution in [2.24, 2.45) is 0 Å². The van der Waals surface area contributed by atoms with Gasteiger partial charge in [0, 0.05) is 16.3 Å².